The molecule has 1 saturated carbocycles. The van der Waals surface area contributed by atoms with Gasteiger partial charge in [-0.05, 0) is 42.5 Å². The number of nitrogens with two attached hydrogens (primary N) is 1. The highest BCUT2D eigenvalue weighted by Gasteiger charge is 2.34. The predicted octanol–water partition coefficient (Wildman–Crippen LogP) is 3.40. The van der Waals surface area contributed by atoms with E-state index in [-0.39, 0.29) is 18.4 Å². The fraction of sp³-hybridized carbons (Fsp3) is 0.455. The molecule has 0 spiro atoms. The fourth-order valence-corrected chi connectivity index (χ4v) is 2.57. The largest absolute Gasteiger partial charge is 0.391 e. The van der Waals surface area contributed by atoms with Crippen molar-refractivity contribution in [3.05, 3.63) is 32.7 Å². The van der Waals surface area contributed by atoms with E-state index >= 15 is 0 Å². The van der Waals surface area contributed by atoms with Gasteiger partial charge in [-0.3, -0.25) is 0 Å². The van der Waals surface area contributed by atoms with E-state index in [0.717, 1.165) is 27.4 Å². The summed E-state index contributed by atoms with van der Waals surface area (Å²) in [5, 5.41) is 9.97. The lowest BCUT2D eigenvalue weighted by atomic mass is 9.99. The Labute approximate surface area is 118 Å². The SMILES string of the molecule is Cl.N[C@H](c1cc(Br)ccc1Br)[C@@H](O)C1CC1. The van der Waals surface area contributed by atoms with Crippen LogP contribution in [-0.4, -0.2) is 11.2 Å². The van der Waals surface area contributed by atoms with Crippen LogP contribution in [0.5, 0.6) is 0 Å². The molecule has 1 aliphatic carbocycles. The summed E-state index contributed by atoms with van der Waals surface area (Å²) in [4.78, 5) is 0. The summed E-state index contributed by atoms with van der Waals surface area (Å²) in [6.45, 7) is 0. The molecule has 2 nitrogen and oxygen atoms in total. The number of hydrogen-bond donors (Lipinski definition) is 2. The molecule has 0 radical (unpaired) electrons. The Hall–Kier alpha value is 0.390. The van der Waals surface area contributed by atoms with Crippen molar-refractivity contribution < 1.29 is 5.11 Å². The molecule has 2 rings (SSSR count). The summed E-state index contributed by atoms with van der Waals surface area (Å²) in [5.74, 6) is 0.394. The smallest absolute Gasteiger partial charge is 0.0761 e. The van der Waals surface area contributed by atoms with Crippen molar-refractivity contribution in [1.82, 2.24) is 0 Å². The quantitative estimate of drug-likeness (QED) is 0.855. The Kier molecular flexibility index (Phi) is 5.26. The molecule has 0 aliphatic heterocycles. The second-order valence-corrected chi connectivity index (χ2v) is 5.79. The Morgan fingerprint density at radius 1 is 1.31 bits per heavy atom. The molecule has 90 valence electrons. The topological polar surface area (TPSA) is 46.2 Å². The maximum atomic E-state index is 9.97. The summed E-state index contributed by atoms with van der Waals surface area (Å²) in [5.41, 5.74) is 7.01. The molecule has 0 saturated heterocycles. The van der Waals surface area contributed by atoms with Crippen molar-refractivity contribution in [1.29, 1.82) is 0 Å². The third kappa shape index (κ3) is 3.20. The third-order valence-electron chi connectivity index (χ3n) is 2.79. The van der Waals surface area contributed by atoms with Gasteiger partial charge in [-0.25, -0.2) is 0 Å². The highest BCUT2D eigenvalue weighted by Crippen LogP contribution is 2.39. The van der Waals surface area contributed by atoms with E-state index in [1.807, 2.05) is 18.2 Å². The van der Waals surface area contributed by atoms with Gasteiger partial charge >= 0.3 is 0 Å². The summed E-state index contributed by atoms with van der Waals surface area (Å²) >= 11 is 6.87. The van der Waals surface area contributed by atoms with Gasteiger partial charge in [0.1, 0.15) is 0 Å². The van der Waals surface area contributed by atoms with Gasteiger partial charge in [0.2, 0.25) is 0 Å². The van der Waals surface area contributed by atoms with E-state index in [4.69, 9.17) is 5.73 Å². The molecule has 3 N–H and O–H groups in total. The van der Waals surface area contributed by atoms with E-state index in [2.05, 4.69) is 31.9 Å². The molecule has 1 aromatic rings. The first-order valence-corrected chi connectivity index (χ1v) is 6.57. The number of benzene rings is 1. The minimum atomic E-state index is -0.421. The summed E-state index contributed by atoms with van der Waals surface area (Å²) < 4.78 is 1.94. The summed E-state index contributed by atoms with van der Waals surface area (Å²) in [7, 11) is 0. The molecule has 1 aromatic carbocycles. The minimum Gasteiger partial charge on any atom is -0.391 e. The van der Waals surface area contributed by atoms with Crippen molar-refractivity contribution in [2.24, 2.45) is 11.7 Å². The molecular weight excluding hydrogens is 357 g/mol. The van der Waals surface area contributed by atoms with Gasteiger partial charge in [0.15, 0.2) is 0 Å². The number of rotatable bonds is 3. The normalized spacial score (nSPS) is 18.8. The van der Waals surface area contributed by atoms with Crippen LogP contribution in [0.1, 0.15) is 24.4 Å². The maximum Gasteiger partial charge on any atom is 0.0761 e. The van der Waals surface area contributed by atoms with Gasteiger partial charge in [-0.15, -0.1) is 12.4 Å². The standard InChI is InChI=1S/C11H13Br2NO.ClH/c12-7-3-4-9(13)8(5-7)10(14)11(15)6-1-2-6;/h3-6,10-11,15H,1-2,14H2;1H/t10-,11+;/m1./s1. The van der Waals surface area contributed by atoms with Crippen LogP contribution in [-0.2, 0) is 0 Å². The Bertz CT molecular complexity index is 371. The van der Waals surface area contributed by atoms with Crippen LogP contribution in [0.4, 0.5) is 0 Å². The van der Waals surface area contributed by atoms with Crippen molar-refractivity contribution in [2.45, 2.75) is 25.0 Å². The lowest BCUT2D eigenvalue weighted by Gasteiger charge is -2.20. The average molecular weight is 372 g/mol. The van der Waals surface area contributed by atoms with Crippen molar-refractivity contribution in [2.75, 3.05) is 0 Å². The molecule has 5 heteroatoms. The van der Waals surface area contributed by atoms with Crippen LogP contribution >= 0.6 is 44.3 Å². The first-order chi connectivity index (χ1) is 7.09. The molecule has 16 heavy (non-hydrogen) atoms. The fourth-order valence-electron chi connectivity index (χ4n) is 1.68. The van der Waals surface area contributed by atoms with Crippen LogP contribution in [0.2, 0.25) is 0 Å². The van der Waals surface area contributed by atoms with Gasteiger partial charge in [0.25, 0.3) is 0 Å². The zero-order chi connectivity index (χ0) is 11.0. The summed E-state index contributed by atoms with van der Waals surface area (Å²) in [6.07, 6.45) is 1.77. The zero-order valence-corrected chi connectivity index (χ0v) is 12.6. The zero-order valence-electron chi connectivity index (χ0n) is 8.57. The Morgan fingerprint density at radius 3 is 2.50 bits per heavy atom. The Morgan fingerprint density at radius 2 is 1.94 bits per heavy atom. The lowest BCUT2D eigenvalue weighted by Crippen LogP contribution is -2.28. The van der Waals surface area contributed by atoms with Gasteiger partial charge in [-0.1, -0.05) is 31.9 Å². The van der Waals surface area contributed by atoms with E-state index in [9.17, 15) is 5.11 Å². The van der Waals surface area contributed by atoms with Gasteiger partial charge in [0.05, 0.1) is 12.1 Å². The molecule has 0 bridgehead atoms. The van der Waals surface area contributed by atoms with E-state index in [1.54, 1.807) is 0 Å². The van der Waals surface area contributed by atoms with Crippen molar-refractivity contribution in [3.8, 4) is 0 Å². The van der Waals surface area contributed by atoms with E-state index < -0.39 is 6.10 Å². The molecule has 0 aromatic heterocycles. The summed E-state index contributed by atoms with van der Waals surface area (Å²) in [6, 6.07) is 5.55. The van der Waals surface area contributed by atoms with Gasteiger partial charge in [-0.2, -0.15) is 0 Å². The van der Waals surface area contributed by atoms with Crippen molar-refractivity contribution in [3.63, 3.8) is 0 Å². The molecular formula is C11H14Br2ClNO. The van der Waals surface area contributed by atoms with Gasteiger partial charge < -0.3 is 10.8 Å². The monoisotopic (exact) mass is 369 g/mol. The van der Waals surface area contributed by atoms with Crippen LogP contribution in [0.3, 0.4) is 0 Å². The molecule has 2 atom stereocenters. The minimum absolute atomic E-state index is 0. The van der Waals surface area contributed by atoms with Crippen LogP contribution in [0.15, 0.2) is 27.1 Å². The number of aliphatic hydroxyl groups is 1. The second kappa shape index (κ2) is 5.83. The van der Waals surface area contributed by atoms with Crippen LogP contribution < -0.4 is 5.73 Å². The van der Waals surface area contributed by atoms with Crippen molar-refractivity contribution >= 4 is 44.3 Å². The van der Waals surface area contributed by atoms with Crippen LogP contribution in [0.25, 0.3) is 0 Å². The second-order valence-electron chi connectivity index (χ2n) is 4.02. The van der Waals surface area contributed by atoms with E-state index in [0.29, 0.717) is 5.92 Å². The average Bonchev–Trinajstić information content (AvgIpc) is 3.03. The third-order valence-corrected chi connectivity index (χ3v) is 4.01. The molecule has 0 heterocycles. The van der Waals surface area contributed by atoms with E-state index in [1.165, 1.54) is 0 Å². The molecule has 0 unspecified atom stereocenters. The predicted molar refractivity (Wildman–Crippen MR) is 74.7 cm³/mol. The number of hydrogen-bond acceptors (Lipinski definition) is 2. The Balaban J connectivity index is 0.00000128. The number of aliphatic hydroxyl groups excluding tert-OH is 1. The molecule has 1 fully saturated rings. The van der Waals surface area contributed by atoms with Gasteiger partial charge in [0, 0.05) is 8.95 Å². The maximum absolute atomic E-state index is 9.97. The molecule has 0 amide bonds. The first-order valence-electron chi connectivity index (χ1n) is 4.98. The highest BCUT2D eigenvalue weighted by molar-refractivity contribution is 9.11. The van der Waals surface area contributed by atoms with Crippen LogP contribution in [0, 0.1) is 5.92 Å². The number of halogens is 3. The molecule has 1 aliphatic rings. The lowest BCUT2D eigenvalue weighted by molar-refractivity contribution is 0.122. The highest BCUT2D eigenvalue weighted by atomic mass is 79.9. The first kappa shape index (κ1) is 14.5.